The quantitative estimate of drug-likeness (QED) is 0.127. The standard InChI is InChI=1S/C75H60O5Si5/c1-81(71-36-16-31-61-56-26-11-6-21-51(56)41-46-66(61)71)76-82(2,72-37-17-32-62-57-27-12-7-22-52(57)42-47-67(62)72)78-84(4,74-39-19-34-64-59-29-14-9-24-54(59)44-49-69(64)74)80-85(5,75-40-20-35-65-60-30-15-10-25-55(60)45-50-70(65)75)79-83(3,77-81)73-38-18-33-63-58-28-13-8-23-53(58)43-48-68(63)73/h6-50H,1-5H3. The molecule has 0 aromatic heterocycles. The van der Waals surface area contributed by atoms with Gasteiger partial charge in [-0.3, -0.25) is 0 Å². The van der Waals surface area contributed by atoms with Gasteiger partial charge in [0.1, 0.15) is 0 Å². The molecule has 1 aliphatic heterocycles. The normalized spacial score (nSPS) is 22.4. The van der Waals surface area contributed by atoms with Crippen molar-refractivity contribution in [2.45, 2.75) is 32.7 Å². The summed E-state index contributed by atoms with van der Waals surface area (Å²) >= 11 is 0. The lowest BCUT2D eigenvalue weighted by Gasteiger charge is -2.51. The van der Waals surface area contributed by atoms with Gasteiger partial charge in [0.2, 0.25) is 0 Å². The van der Waals surface area contributed by atoms with E-state index in [1.54, 1.807) is 0 Å². The van der Waals surface area contributed by atoms with E-state index in [0.717, 1.165) is 79.8 Å². The van der Waals surface area contributed by atoms with Crippen LogP contribution < -0.4 is 25.9 Å². The molecule has 0 saturated carbocycles. The molecule has 0 spiro atoms. The molecule has 0 atom stereocenters. The highest BCUT2D eigenvalue weighted by Gasteiger charge is 2.61. The van der Waals surface area contributed by atoms with Crippen LogP contribution in [0.4, 0.5) is 0 Å². The smallest absolute Gasteiger partial charge is 0.352 e. The summed E-state index contributed by atoms with van der Waals surface area (Å²) in [4.78, 5) is 0. The number of benzene rings is 15. The van der Waals surface area contributed by atoms with Crippen LogP contribution in [0.3, 0.4) is 0 Å². The fourth-order valence-corrected chi connectivity index (χ4v) is 42.2. The lowest BCUT2D eigenvalue weighted by atomic mass is 10.0. The van der Waals surface area contributed by atoms with E-state index < -0.39 is 42.8 Å². The first kappa shape index (κ1) is 52.3. The number of rotatable bonds is 5. The Balaban J connectivity index is 1.06. The van der Waals surface area contributed by atoms with E-state index in [1.807, 2.05) is 0 Å². The topological polar surface area (TPSA) is 46.2 Å². The molecule has 1 aliphatic rings. The van der Waals surface area contributed by atoms with Crippen molar-refractivity contribution in [3.8, 4) is 0 Å². The summed E-state index contributed by atoms with van der Waals surface area (Å²) < 4.78 is 43.3. The third-order valence-electron chi connectivity index (χ3n) is 18.3. The molecule has 0 unspecified atom stereocenters. The first-order valence-electron chi connectivity index (χ1n) is 29.5. The van der Waals surface area contributed by atoms with Crippen molar-refractivity contribution in [3.05, 3.63) is 273 Å². The Morgan fingerprint density at radius 2 is 0.318 bits per heavy atom. The predicted molar refractivity (Wildman–Crippen MR) is 369 cm³/mol. The van der Waals surface area contributed by atoms with Crippen LogP contribution in [0.5, 0.6) is 0 Å². The lowest BCUT2D eigenvalue weighted by molar-refractivity contribution is 0.255. The van der Waals surface area contributed by atoms with Crippen molar-refractivity contribution >= 4 is 176 Å². The van der Waals surface area contributed by atoms with Crippen molar-refractivity contribution in [1.29, 1.82) is 0 Å². The zero-order valence-corrected chi connectivity index (χ0v) is 53.0. The van der Waals surface area contributed by atoms with Crippen LogP contribution in [-0.2, 0) is 20.6 Å². The third kappa shape index (κ3) is 8.39. The van der Waals surface area contributed by atoms with Gasteiger partial charge in [-0.2, -0.15) is 0 Å². The second-order valence-electron chi connectivity index (χ2n) is 23.7. The Morgan fingerprint density at radius 1 is 0.153 bits per heavy atom. The number of fused-ring (bicyclic) bond motifs is 15. The molecule has 5 nitrogen and oxygen atoms in total. The summed E-state index contributed by atoms with van der Waals surface area (Å²) in [6.07, 6.45) is 0. The van der Waals surface area contributed by atoms with Crippen molar-refractivity contribution in [3.63, 3.8) is 0 Å². The molecule has 15 aromatic carbocycles. The van der Waals surface area contributed by atoms with E-state index in [4.69, 9.17) is 20.6 Å². The van der Waals surface area contributed by atoms with Crippen LogP contribution in [0.2, 0.25) is 32.7 Å². The van der Waals surface area contributed by atoms with Gasteiger partial charge in [-0.15, -0.1) is 0 Å². The average molecular weight is 1180 g/mol. The van der Waals surface area contributed by atoms with E-state index in [9.17, 15) is 0 Å². The molecule has 0 N–H and O–H groups in total. The minimum atomic E-state index is -3.96. The molecule has 1 fully saturated rings. The van der Waals surface area contributed by atoms with Crippen LogP contribution in [-0.4, -0.2) is 42.8 Å². The Labute approximate surface area is 499 Å². The highest BCUT2D eigenvalue weighted by atomic mass is 28.5. The monoisotopic (exact) mass is 1180 g/mol. The highest BCUT2D eigenvalue weighted by Crippen LogP contribution is 2.40. The summed E-state index contributed by atoms with van der Waals surface area (Å²) in [5.41, 5.74) is 0. The van der Waals surface area contributed by atoms with E-state index in [0.29, 0.717) is 0 Å². The minimum absolute atomic E-state index is 1.03. The first-order chi connectivity index (χ1) is 41.4. The van der Waals surface area contributed by atoms with E-state index in [1.165, 1.54) is 53.9 Å². The van der Waals surface area contributed by atoms with Gasteiger partial charge in [-0.05, 0) is 140 Å². The molecular weight excluding hydrogens is 1120 g/mol. The van der Waals surface area contributed by atoms with E-state index >= 15 is 0 Å². The van der Waals surface area contributed by atoms with Gasteiger partial charge in [0.25, 0.3) is 0 Å². The molecule has 10 heteroatoms. The maximum absolute atomic E-state index is 8.66. The summed E-state index contributed by atoms with van der Waals surface area (Å²) in [6.45, 7) is 11.4. The Bertz CT molecular complexity index is 4490. The molecule has 1 saturated heterocycles. The average Bonchev–Trinajstić information content (AvgIpc) is 1.20. The second-order valence-corrected chi connectivity index (χ2v) is 39.9. The van der Waals surface area contributed by atoms with E-state index in [-0.39, 0.29) is 0 Å². The Hall–Kier alpha value is -8.22. The van der Waals surface area contributed by atoms with Gasteiger partial charge in [-0.1, -0.05) is 273 Å². The van der Waals surface area contributed by atoms with Gasteiger partial charge in [0.15, 0.2) is 0 Å². The van der Waals surface area contributed by atoms with E-state index in [2.05, 4.69) is 306 Å². The summed E-state index contributed by atoms with van der Waals surface area (Å²) in [5, 5.41) is 28.0. The molecule has 410 valence electrons. The molecule has 1 heterocycles. The molecule has 16 rings (SSSR count). The van der Waals surface area contributed by atoms with Crippen molar-refractivity contribution < 1.29 is 20.6 Å². The fourth-order valence-electron chi connectivity index (χ4n) is 14.7. The maximum atomic E-state index is 8.66. The zero-order chi connectivity index (χ0) is 57.3. The van der Waals surface area contributed by atoms with Crippen LogP contribution in [0.1, 0.15) is 0 Å². The molecule has 0 amide bonds. The summed E-state index contributed by atoms with van der Waals surface area (Å²) in [5.74, 6) is 0. The first-order valence-corrected chi connectivity index (χ1v) is 41.0. The molecule has 0 radical (unpaired) electrons. The molecule has 0 bridgehead atoms. The zero-order valence-electron chi connectivity index (χ0n) is 48.0. The predicted octanol–water partition coefficient (Wildman–Crippen LogP) is 16.5. The lowest BCUT2D eigenvalue weighted by Crippen LogP contribution is -2.77. The van der Waals surface area contributed by atoms with Crippen molar-refractivity contribution in [2.75, 3.05) is 0 Å². The van der Waals surface area contributed by atoms with Gasteiger partial charge >= 0.3 is 42.8 Å². The second kappa shape index (κ2) is 19.7. The Morgan fingerprint density at radius 3 is 0.506 bits per heavy atom. The summed E-state index contributed by atoms with van der Waals surface area (Å²) in [7, 11) is -19.8. The molecule has 15 aromatic rings. The van der Waals surface area contributed by atoms with Crippen LogP contribution >= 0.6 is 0 Å². The van der Waals surface area contributed by atoms with Gasteiger partial charge in [0.05, 0.1) is 0 Å². The van der Waals surface area contributed by atoms with Gasteiger partial charge in [-0.25, -0.2) is 0 Å². The largest absolute Gasteiger partial charge is 0.409 e. The fraction of sp³-hybridized carbons (Fsp3) is 0.0667. The molecule has 85 heavy (non-hydrogen) atoms. The highest BCUT2D eigenvalue weighted by molar-refractivity contribution is 7.07. The summed E-state index contributed by atoms with van der Waals surface area (Å²) in [6, 6.07) is 99.7. The number of hydrogen-bond donors (Lipinski definition) is 0. The van der Waals surface area contributed by atoms with Crippen LogP contribution in [0.25, 0.3) is 108 Å². The third-order valence-corrected chi connectivity index (χ3v) is 41.0. The Kier molecular flexibility index (Phi) is 12.1. The SMILES string of the molecule is C[Si]1(c2cccc3c2ccc2ccccc23)O[Si](C)(c2cccc3c2ccc2ccccc23)O[Si](C)(c2cccc3c2ccc2ccccc23)O[Si](C)(c2cccc3c2ccc2ccccc23)O[Si](C)(c2cccc3c2ccc2ccccc23)O1. The molecule has 0 aliphatic carbocycles. The van der Waals surface area contributed by atoms with Gasteiger partial charge in [0, 0.05) is 25.9 Å². The maximum Gasteiger partial charge on any atom is 0.352 e. The van der Waals surface area contributed by atoms with Crippen molar-refractivity contribution in [2.24, 2.45) is 0 Å². The van der Waals surface area contributed by atoms with Gasteiger partial charge < -0.3 is 20.6 Å². The van der Waals surface area contributed by atoms with Crippen LogP contribution in [0.15, 0.2) is 273 Å². The molecular formula is C75H60O5Si5. The number of hydrogen-bond acceptors (Lipinski definition) is 5. The minimum Gasteiger partial charge on any atom is -0.409 e. The van der Waals surface area contributed by atoms with Crippen LogP contribution in [0, 0.1) is 0 Å². The van der Waals surface area contributed by atoms with Crippen molar-refractivity contribution in [1.82, 2.24) is 0 Å².